The van der Waals surface area contributed by atoms with Gasteiger partial charge in [0.05, 0.1) is 16.9 Å². The van der Waals surface area contributed by atoms with E-state index in [2.05, 4.69) is 10.3 Å². The van der Waals surface area contributed by atoms with Crippen molar-refractivity contribution in [2.75, 3.05) is 16.8 Å². The molecule has 1 aromatic heterocycles. The normalized spacial score (nSPS) is 9.83. The number of pyridine rings is 1. The monoisotopic (exact) mass is 345 g/mol. The van der Waals surface area contributed by atoms with Crippen molar-refractivity contribution < 1.29 is 13.6 Å². The Morgan fingerprint density at radius 1 is 1.25 bits per heavy atom. The molecule has 0 aliphatic carbocycles. The van der Waals surface area contributed by atoms with Crippen molar-refractivity contribution in [3.05, 3.63) is 47.0 Å². The first-order valence-electron chi connectivity index (χ1n) is 6.43. The number of halogens is 2. The zero-order valence-corrected chi connectivity index (χ0v) is 12.8. The molecule has 0 bridgehead atoms. The highest BCUT2D eigenvalue weighted by Crippen LogP contribution is 2.24. The maximum atomic E-state index is 13.5. The van der Waals surface area contributed by atoms with Crippen LogP contribution in [0.3, 0.4) is 0 Å². The Morgan fingerprint density at radius 3 is 2.46 bits per heavy atom. The first-order chi connectivity index (χ1) is 11.5. The predicted molar refractivity (Wildman–Crippen MR) is 83.8 cm³/mol. The van der Waals surface area contributed by atoms with Crippen LogP contribution in [0.15, 0.2) is 29.3 Å². The fraction of sp³-hybridized carbons (Fsp3) is 0.0667. The van der Waals surface area contributed by atoms with Crippen LogP contribution in [-0.4, -0.2) is 16.6 Å². The summed E-state index contributed by atoms with van der Waals surface area (Å²) in [6.07, 6.45) is 0. The summed E-state index contributed by atoms with van der Waals surface area (Å²) in [6.45, 7) is 0. The summed E-state index contributed by atoms with van der Waals surface area (Å²) in [5.74, 6) is -2.79. The van der Waals surface area contributed by atoms with Crippen LogP contribution < -0.4 is 11.1 Å². The predicted octanol–water partition coefficient (Wildman–Crippen LogP) is 2.42. The van der Waals surface area contributed by atoms with Crippen LogP contribution in [0, 0.1) is 34.3 Å². The number of rotatable bonds is 4. The summed E-state index contributed by atoms with van der Waals surface area (Å²) >= 11 is 0.864. The van der Waals surface area contributed by atoms with E-state index >= 15 is 0 Å². The molecule has 0 radical (unpaired) electrons. The molecule has 0 unspecified atom stereocenters. The van der Waals surface area contributed by atoms with Crippen molar-refractivity contribution in [1.29, 1.82) is 10.5 Å². The minimum Gasteiger partial charge on any atom is -0.383 e. The molecule has 9 heteroatoms. The summed E-state index contributed by atoms with van der Waals surface area (Å²) < 4.78 is 26.9. The molecule has 1 aromatic carbocycles. The van der Waals surface area contributed by atoms with Gasteiger partial charge in [0.15, 0.2) is 0 Å². The quantitative estimate of drug-likeness (QED) is 0.822. The third-order valence-electron chi connectivity index (χ3n) is 2.83. The minimum absolute atomic E-state index is 0.0498. The van der Waals surface area contributed by atoms with Crippen molar-refractivity contribution in [3.63, 3.8) is 0 Å². The van der Waals surface area contributed by atoms with E-state index in [0.717, 1.165) is 23.9 Å². The lowest BCUT2D eigenvalue weighted by Crippen LogP contribution is -2.16. The van der Waals surface area contributed by atoms with E-state index in [1.807, 2.05) is 6.07 Å². The van der Waals surface area contributed by atoms with Crippen LogP contribution in [0.4, 0.5) is 20.3 Å². The number of thioether (sulfide) groups is 1. The van der Waals surface area contributed by atoms with Gasteiger partial charge < -0.3 is 11.1 Å². The van der Waals surface area contributed by atoms with E-state index in [-0.39, 0.29) is 27.7 Å². The van der Waals surface area contributed by atoms with Gasteiger partial charge in [-0.25, -0.2) is 13.8 Å². The number of nitriles is 2. The van der Waals surface area contributed by atoms with Crippen LogP contribution >= 0.6 is 11.8 Å². The van der Waals surface area contributed by atoms with Gasteiger partial charge in [-0.1, -0.05) is 17.8 Å². The van der Waals surface area contributed by atoms with Crippen molar-refractivity contribution >= 4 is 29.2 Å². The van der Waals surface area contributed by atoms with Gasteiger partial charge in [0.25, 0.3) is 0 Å². The van der Waals surface area contributed by atoms with Gasteiger partial charge in [-0.15, -0.1) is 0 Å². The lowest BCUT2D eigenvalue weighted by atomic mass is 10.2. The van der Waals surface area contributed by atoms with Crippen LogP contribution in [0.2, 0.25) is 0 Å². The van der Waals surface area contributed by atoms with Gasteiger partial charge in [0.1, 0.15) is 40.3 Å². The lowest BCUT2D eigenvalue weighted by Gasteiger charge is -2.08. The molecule has 1 heterocycles. The van der Waals surface area contributed by atoms with E-state index < -0.39 is 23.2 Å². The van der Waals surface area contributed by atoms with Gasteiger partial charge in [-0.05, 0) is 18.2 Å². The van der Waals surface area contributed by atoms with E-state index in [1.54, 1.807) is 6.07 Å². The highest BCUT2D eigenvalue weighted by Gasteiger charge is 2.15. The number of aromatic nitrogens is 1. The minimum atomic E-state index is -0.896. The molecule has 0 aliphatic rings. The molecule has 0 atom stereocenters. The highest BCUT2D eigenvalue weighted by atomic mass is 32.2. The Bertz CT molecular complexity index is 868. The summed E-state index contributed by atoms with van der Waals surface area (Å²) in [5.41, 5.74) is 5.15. The maximum Gasteiger partial charge on any atom is 0.234 e. The topological polar surface area (TPSA) is 116 Å². The van der Waals surface area contributed by atoms with E-state index in [9.17, 15) is 13.6 Å². The fourth-order valence-corrected chi connectivity index (χ4v) is 2.48. The Kier molecular flexibility index (Phi) is 5.30. The van der Waals surface area contributed by atoms with Crippen molar-refractivity contribution in [2.24, 2.45) is 0 Å². The van der Waals surface area contributed by atoms with Crippen LogP contribution in [-0.2, 0) is 4.79 Å². The molecule has 120 valence electrons. The molecule has 0 saturated carbocycles. The average molecular weight is 345 g/mol. The first kappa shape index (κ1) is 17.2. The second-order valence-corrected chi connectivity index (χ2v) is 5.40. The number of hydrogen-bond donors (Lipinski definition) is 2. The van der Waals surface area contributed by atoms with E-state index in [1.165, 1.54) is 12.1 Å². The van der Waals surface area contributed by atoms with Gasteiger partial charge >= 0.3 is 0 Å². The Morgan fingerprint density at radius 2 is 1.88 bits per heavy atom. The molecule has 2 aromatic rings. The number of nitrogens with two attached hydrogens (primary N) is 1. The van der Waals surface area contributed by atoms with Crippen molar-refractivity contribution in [3.8, 4) is 12.1 Å². The molecule has 0 spiro atoms. The Balaban J connectivity index is 2.11. The highest BCUT2D eigenvalue weighted by molar-refractivity contribution is 8.00. The number of amides is 1. The third kappa shape index (κ3) is 3.77. The number of nitrogens with one attached hydrogen (secondary N) is 1. The molecule has 1 amide bonds. The maximum absolute atomic E-state index is 13.5. The second kappa shape index (κ2) is 7.40. The molecular weight excluding hydrogens is 336 g/mol. The molecule has 3 N–H and O–H groups in total. The number of carbonyl (C=O) groups is 1. The Labute approximate surface area is 139 Å². The first-order valence-corrected chi connectivity index (χ1v) is 7.42. The number of benzene rings is 1. The van der Waals surface area contributed by atoms with Gasteiger partial charge in [0, 0.05) is 0 Å². The van der Waals surface area contributed by atoms with Crippen LogP contribution in [0.5, 0.6) is 0 Å². The van der Waals surface area contributed by atoms with E-state index in [0.29, 0.717) is 0 Å². The summed E-state index contributed by atoms with van der Waals surface area (Å²) in [7, 11) is 0. The van der Waals surface area contributed by atoms with Gasteiger partial charge in [0.2, 0.25) is 5.91 Å². The second-order valence-electron chi connectivity index (χ2n) is 4.43. The molecule has 0 aliphatic heterocycles. The SMILES string of the molecule is N#Cc1cc(C#N)c(SCC(=O)Nc2c(F)cccc2F)nc1N. The number of carbonyl (C=O) groups excluding carboxylic acids is 1. The molecule has 0 fully saturated rings. The van der Waals surface area contributed by atoms with Crippen molar-refractivity contribution in [1.82, 2.24) is 4.98 Å². The number of para-hydroxylation sites is 1. The third-order valence-corrected chi connectivity index (χ3v) is 3.82. The van der Waals surface area contributed by atoms with Gasteiger partial charge in [-0.2, -0.15) is 10.5 Å². The van der Waals surface area contributed by atoms with Crippen LogP contribution in [0.1, 0.15) is 11.1 Å². The summed E-state index contributed by atoms with van der Waals surface area (Å²) in [6, 6.07) is 8.12. The fourth-order valence-electron chi connectivity index (χ4n) is 1.72. The van der Waals surface area contributed by atoms with E-state index in [4.69, 9.17) is 16.3 Å². The lowest BCUT2D eigenvalue weighted by molar-refractivity contribution is -0.113. The molecular formula is C15H9F2N5OS. The number of nitrogen functional groups attached to an aromatic ring is 1. The number of hydrogen-bond acceptors (Lipinski definition) is 6. The largest absolute Gasteiger partial charge is 0.383 e. The number of anilines is 2. The standard InChI is InChI=1S/C15H9F2N5OS/c16-10-2-1-3-11(17)13(10)21-12(23)7-24-15-9(6-19)4-8(5-18)14(20)22-15/h1-4H,7H2,(H2,20,22)(H,21,23). The molecule has 24 heavy (non-hydrogen) atoms. The molecule has 6 nitrogen and oxygen atoms in total. The summed E-state index contributed by atoms with van der Waals surface area (Å²) in [4.78, 5) is 15.7. The average Bonchev–Trinajstić information content (AvgIpc) is 2.56. The zero-order chi connectivity index (χ0) is 17.7. The Hall–Kier alpha value is -3.17. The molecule has 0 saturated heterocycles. The zero-order valence-electron chi connectivity index (χ0n) is 12.0. The van der Waals surface area contributed by atoms with Crippen LogP contribution in [0.25, 0.3) is 0 Å². The molecule has 2 rings (SSSR count). The van der Waals surface area contributed by atoms with Gasteiger partial charge in [-0.3, -0.25) is 4.79 Å². The summed E-state index contributed by atoms with van der Waals surface area (Å²) in [5, 5.41) is 20.2. The van der Waals surface area contributed by atoms with Crippen molar-refractivity contribution in [2.45, 2.75) is 5.03 Å². The smallest absolute Gasteiger partial charge is 0.234 e. The number of nitrogens with zero attached hydrogens (tertiary/aromatic N) is 3.